The van der Waals surface area contributed by atoms with E-state index in [0.29, 0.717) is 30.3 Å². The van der Waals surface area contributed by atoms with E-state index >= 15 is 0 Å². The van der Waals surface area contributed by atoms with Gasteiger partial charge in [-0.25, -0.2) is 0 Å². The van der Waals surface area contributed by atoms with Crippen molar-refractivity contribution in [1.29, 1.82) is 0 Å². The monoisotopic (exact) mass is 499 g/mol. The van der Waals surface area contributed by atoms with Crippen molar-refractivity contribution >= 4 is 34.3 Å². The summed E-state index contributed by atoms with van der Waals surface area (Å²) in [5.74, 6) is 0.561. The molecule has 1 aromatic heterocycles. The number of carbonyl (C=O) groups is 2. The van der Waals surface area contributed by atoms with E-state index in [1.165, 1.54) is 0 Å². The molecular weight excluding hydrogens is 474 g/mol. The minimum absolute atomic E-state index is 0.00339. The van der Waals surface area contributed by atoms with Crippen LogP contribution in [-0.4, -0.2) is 45.8 Å². The quantitative estimate of drug-likeness (QED) is 0.415. The number of ether oxygens (including phenoxy) is 1. The molecule has 3 heterocycles. The lowest BCUT2D eigenvalue weighted by molar-refractivity contribution is -0.159. The number of carbonyl (C=O) groups excluding carboxylic acids is 2. The Hall–Kier alpha value is -3.77. The first-order valence-electron chi connectivity index (χ1n) is 12.2. The first-order valence-corrected chi connectivity index (χ1v) is 12.6. The van der Waals surface area contributed by atoms with Gasteiger partial charge in [0.25, 0.3) is 0 Å². The van der Waals surface area contributed by atoms with Crippen LogP contribution in [0.15, 0.2) is 72.8 Å². The topological polar surface area (TPSA) is 65.6 Å². The number of para-hydroxylation sites is 2. The summed E-state index contributed by atoms with van der Waals surface area (Å²) in [7, 11) is 0. The number of hydrogen-bond donors (Lipinski definition) is 1. The van der Waals surface area contributed by atoms with Gasteiger partial charge in [-0.1, -0.05) is 66.2 Å². The maximum absolute atomic E-state index is 13.9. The van der Waals surface area contributed by atoms with Crippen LogP contribution < -0.4 is 4.74 Å². The number of aromatic nitrogens is 1. The fourth-order valence-electron chi connectivity index (χ4n) is 5.61. The predicted octanol–water partition coefficient (Wildman–Crippen LogP) is 5.11. The smallest absolute Gasteiger partial charge is 0.246 e. The van der Waals surface area contributed by atoms with Crippen LogP contribution in [0, 0.1) is 0 Å². The average Bonchev–Trinajstić information content (AvgIpc) is 3.26. The first kappa shape index (κ1) is 22.7. The van der Waals surface area contributed by atoms with Crippen LogP contribution in [0.25, 0.3) is 10.9 Å². The number of amides is 2. The third-order valence-corrected chi connectivity index (χ3v) is 7.54. The molecule has 4 aromatic rings. The van der Waals surface area contributed by atoms with Crippen molar-refractivity contribution in [2.75, 3.05) is 13.2 Å². The zero-order valence-electron chi connectivity index (χ0n) is 19.9. The van der Waals surface area contributed by atoms with E-state index in [2.05, 4.69) is 11.1 Å². The molecule has 36 heavy (non-hydrogen) atoms. The number of H-pyrrole nitrogens is 1. The summed E-state index contributed by atoms with van der Waals surface area (Å²) in [5.41, 5.74) is 4.71. The van der Waals surface area contributed by atoms with E-state index < -0.39 is 12.1 Å². The van der Waals surface area contributed by atoms with Crippen molar-refractivity contribution in [3.63, 3.8) is 0 Å². The van der Waals surface area contributed by atoms with Crippen molar-refractivity contribution in [2.24, 2.45) is 0 Å². The summed E-state index contributed by atoms with van der Waals surface area (Å²) in [4.78, 5) is 34.7. The standard InChI is InChI=1S/C29H26ClN3O3/c1-2-36-25-14-8-5-11-20(25)28-27-21(19-10-4-7-13-23(19)31-27)15-24-29(35)32(17-26(34)33(24)28)16-18-9-3-6-12-22(18)30/h3-14,24,28,31H,2,15-17H2,1H3. The summed E-state index contributed by atoms with van der Waals surface area (Å²) in [6.45, 7) is 2.75. The van der Waals surface area contributed by atoms with E-state index in [1.807, 2.05) is 67.6 Å². The number of nitrogens with zero attached hydrogens (tertiary/aromatic N) is 2. The Morgan fingerprint density at radius 1 is 1.00 bits per heavy atom. The molecule has 0 saturated carbocycles. The van der Waals surface area contributed by atoms with Crippen LogP contribution in [0.5, 0.6) is 5.75 Å². The molecule has 6 nitrogen and oxygen atoms in total. The Morgan fingerprint density at radius 2 is 1.75 bits per heavy atom. The first-order chi connectivity index (χ1) is 17.6. The molecule has 2 amide bonds. The highest BCUT2D eigenvalue weighted by molar-refractivity contribution is 6.31. The predicted molar refractivity (Wildman–Crippen MR) is 139 cm³/mol. The fourth-order valence-corrected chi connectivity index (χ4v) is 5.80. The summed E-state index contributed by atoms with van der Waals surface area (Å²) < 4.78 is 5.97. The van der Waals surface area contributed by atoms with Gasteiger partial charge >= 0.3 is 0 Å². The van der Waals surface area contributed by atoms with E-state index in [9.17, 15) is 9.59 Å². The lowest BCUT2D eigenvalue weighted by atomic mass is 9.85. The van der Waals surface area contributed by atoms with Gasteiger partial charge in [-0.2, -0.15) is 0 Å². The second-order valence-electron chi connectivity index (χ2n) is 9.24. The summed E-state index contributed by atoms with van der Waals surface area (Å²) in [6.07, 6.45) is 0.455. The molecule has 0 spiro atoms. The number of piperazine rings is 1. The van der Waals surface area contributed by atoms with Gasteiger partial charge in [0, 0.05) is 40.1 Å². The SMILES string of the molecule is CCOc1ccccc1C1c2[nH]c3ccccc3c2CC2C(=O)N(Cc3ccccc3Cl)CC(=O)N21. The molecule has 6 rings (SSSR count). The summed E-state index contributed by atoms with van der Waals surface area (Å²) >= 11 is 6.38. The van der Waals surface area contributed by atoms with Gasteiger partial charge < -0.3 is 19.5 Å². The molecule has 182 valence electrons. The van der Waals surface area contributed by atoms with Gasteiger partial charge in [0.1, 0.15) is 24.4 Å². The number of rotatable bonds is 5. The Kier molecular flexibility index (Phi) is 5.69. The van der Waals surface area contributed by atoms with Crippen molar-refractivity contribution in [1.82, 2.24) is 14.8 Å². The zero-order chi connectivity index (χ0) is 24.8. The molecule has 2 aliphatic heterocycles. The van der Waals surface area contributed by atoms with Gasteiger partial charge in [-0.3, -0.25) is 9.59 Å². The second-order valence-corrected chi connectivity index (χ2v) is 9.65. The number of nitrogens with one attached hydrogen (secondary N) is 1. The molecule has 1 saturated heterocycles. The van der Waals surface area contributed by atoms with Crippen LogP contribution in [-0.2, 0) is 22.6 Å². The van der Waals surface area contributed by atoms with Gasteiger partial charge in [-0.15, -0.1) is 0 Å². The average molecular weight is 500 g/mol. The van der Waals surface area contributed by atoms with Gasteiger partial charge in [0.15, 0.2) is 0 Å². The second kappa shape index (κ2) is 9.03. The molecule has 2 atom stereocenters. The summed E-state index contributed by atoms with van der Waals surface area (Å²) in [5, 5.41) is 1.67. The third kappa shape index (κ3) is 3.64. The Bertz CT molecular complexity index is 1480. The largest absolute Gasteiger partial charge is 0.494 e. The third-order valence-electron chi connectivity index (χ3n) is 7.17. The molecule has 0 bridgehead atoms. The highest BCUT2D eigenvalue weighted by Gasteiger charge is 2.48. The number of benzene rings is 3. The molecule has 0 radical (unpaired) electrons. The molecule has 7 heteroatoms. The Balaban J connectivity index is 1.48. The highest BCUT2D eigenvalue weighted by atomic mass is 35.5. The lowest BCUT2D eigenvalue weighted by Crippen LogP contribution is -2.62. The van der Waals surface area contributed by atoms with E-state index in [-0.39, 0.29) is 18.4 Å². The zero-order valence-corrected chi connectivity index (χ0v) is 20.7. The normalized spacial score (nSPS) is 19.4. The minimum Gasteiger partial charge on any atom is -0.494 e. The molecule has 3 aromatic carbocycles. The molecule has 2 aliphatic rings. The van der Waals surface area contributed by atoms with Crippen LogP contribution in [0.4, 0.5) is 0 Å². The van der Waals surface area contributed by atoms with Crippen molar-refractivity contribution in [3.8, 4) is 5.75 Å². The molecule has 1 fully saturated rings. The Labute approximate surface area is 214 Å². The maximum atomic E-state index is 13.9. The summed E-state index contributed by atoms with van der Waals surface area (Å²) in [6, 6.07) is 22.3. The van der Waals surface area contributed by atoms with Crippen molar-refractivity contribution in [3.05, 3.63) is 100 Å². The molecular formula is C29H26ClN3O3. The lowest BCUT2D eigenvalue weighted by Gasteiger charge is -2.47. The van der Waals surface area contributed by atoms with Crippen molar-refractivity contribution in [2.45, 2.75) is 32.0 Å². The van der Waals surface area contributed by atoms with E-state index in [4.69, 9.17) is 16.3 Å². The molecule has 0 aliphatic carbocycles. The van der Waals surface area contributed by atoms with Gasteiger partial charge in [0.05, 0.1) is 6.61 Å². The van der Waals surface area contributed by atoms with Crippen LogP contribution in [0.2, 0.25) is 5.02 Å². The highest BCUT2D eigenvalue weighted by Crippen LogP contribution is 2.45. The van der Waals surface area contributed by atoms with Crippen LogP contribution >= 0.6 is 11.6 Å². The van der Waals surface area contributed by atoms with Gasteiger partial charge in [-0.05, 0) is 36.2 Å². The number of fused-ring (bicyclic) bond motifs is 4. The van der Waals surface area contributed by atoms with Crippen LogP contribution in [0.3, 0.4) is 0 Å². The Morgan fingerprint density at radius 3 is 2.58 bits per heavy atom. The minimum atomic E-state index is -0.611. The fraction of sp³-hybridized carbons (Fsp3) is 0.241. The van der Waals surface area contributed by atoms with Crippen LogP contribution in [0.1, 0.15) is 35.3 Å². The number of aromatic amines is 1. The van der Waals surface area contributed by atoms with E-state index in [0.717, 1.165) is 33.3 Å². The van der Waals surface area contributed by atoms with E-state index in [1.54, 1.807) is 15.9 Å². The number of halogens is 1. The molecule has 2 unspecified atom stereocenters. The maximum Gasteiger partial charge on any atom is 0.246 e. The number of hydrogen-bond acceptors (Lipinski definition) is 3. The van der Waals surface area contributed by atoms with Crippen molar-refractivity contribution < 1.29 is 14.3 Å². The molecule has 1 N–H and O–H groups in total. The van der Waals surface area contributed by atoms with Gasteiger partial charge in [0.2, 0.25) is 11.8 Å².